The summed E-state index contributed by atoms with van der Waals surface area (Å²) >= 11 is 3.17. The van der Waals surface area contributed by atoms with Crippen LogP contribution in [0.2, 0.25) is 0 Å². The first-order valence-corrected chi connectivity index (χ1v) is 5.87. The van der Waals surface area contributed by atoms with E-state index in [1.54, 1.807) is 6.07 Å². The molecule has 0 spiro atoms. The molecular weight excluding hydrogens is 313 g/mol. The van der Waals surface area contributed by atoms with E-state index in [9.17, 15) is 18.0 Å². The lowest BCUT2D eigenvalue weighted by Crippen LogP contribution is -2.30. The second kappa shape index (κ2) is 5.60. The predicted molar refractivity (Wildman–Crippen MR) is 66.2 cm³/mol. The van der Waals surface area contributed by atoms with Gasteiger partial charge in [-0.3, -0.25) is 4.79 Å². The second-order valence-electron chi connectivity index (χ2n) is 3.83. The maximum Gasteiger partial charge on any atom is 0.390 e. The van der Waals surface area contributed by atoms with Crippen LogP contribution in [0.25, 0.3) is 0 Å². The van der Waals surface area contributed by atoms with Crippen LogP contribution in [0.3, 0.4) is 0 Å². The third kappa shape index (κ3) is 4.21. The Hall–Kier alpha value is -1.24. The minimum absolute atomic E-state index is 0.264. The highest BCUT2D eigenvalue weighted by atomic mass is 79.9. The normalized spacial score (nSPS) is 11.4. The van der Waals surface area contributed by atoms with Gasteiger partial charge in [0.15, 0.2) is 0 Å². The minimum Gasteiger partial charge on any atom is -0.398 e. The van der Waals surface area contributed by atoms with E-state index in [4.69, 9.17) is 5.73 Å². The van der Waals surface area contributed by atoms with E-state index >= 15 is 0 Å². The van der Waals surface area contributed by atoms with Crippen LogP contribution in [0.15, 0.2) is 22.7 Å². The van der Waals surface area contributed by atoms with Crippen LogP contribution in [0.5, 0.6) is 0 Å². The number of nitrogens with two attached hydrogens (primary N) is 1. The highest BCUT2D eigenvalue weighted by Gasteiger charge is 2.28. The lowest BCUT2D eigenvalue weighted by atomic mass is 10.2. The van der Waals surface area contributed by atoms with E-state index in [1.807, 2.05) is 0 Å². The molecule has 0 saturated heterocycles. The average Bonchev–Trinajstić information content (AvgIpc) is 2.27. The summed E-state index contributed by atoms with van der Waals surface area (Å²) in [5, 5.41) is 0. The van der Waals surface area contributed by atoms with E-state index in [-0.39, 0.29) is 12.1 Å². The Bertz CT molecular complexity index is 448. The Balaban J connectivity index is 2.71. The van der Waals surface area contributed by atoms with Crippen LogP contribution in [-0.4, -0.2) is 30.6 Å². The molecule has 1 aromatic rings. The fraction of sp³-hybridized carbons (Fsp3) is 0.364. The summed E-state index contributed by atoms with van der Waals surface area (Å²) in [6.45, 7) is -0.377. The van der Waals surface area contributed by atoms with E-state index in [0.717, 1.165) is 4.90 Å². The summed E-state index contributed by atoms with van der Waals surface area (Å²) in [6.07, 6.45) is -5.30. The van der Waals surface area contributed by atoms with Crippen molar-refractivity contribution in [3.05, 3.63) is 28.2 Å². The quantitative estimate of drug-likeness (QED) is 0.868. The van der Waals surface area contributed by atoms with Crippen molar-refractivity contribution in [1.29, 1.82) is 0 Å². The maximum absolute atomic E-state index is 12.0. The summed E-state index contributed by atoms with van der Waals surface area (Å²) in [5.41, 5.74) is 6.23. The number of anilines is 1. The third-order valence-corrected chi connectivity index (χ3v) is 3.04. The predicted octanol–water partition coefficient (Wildman–Crippen LogP) is 3.06. The summed E-state index contributed by atoms with van der Waals surface area (Å²) in [5.74, 6) is -0.488. The van der Waals surface area contributed by atoms with Crippen molar-refractivity contribution >= 4 is 27.5 Å². The van der Waals surface area contributed by atoms with Gasteiger partial charge in [0, 0.05) is 29.3 Å². The molecule has 3 nitrogen and oxygen atoms in total. The van der Waals surface area contributed by atoms with Crippen LogP contribution in [0.1, 0.15) is 16.8 Å². The molecule has 0 aliphatic heterocycles. The van der Waals surface area contributed by atoms with E-state index in [1.165, 1.54) is 19.2 Å². The Morgan fingerprint density at radius 2 is 2.06 bits per heavy atom. The van der Waals surface area contributed by atoms with Gasteiger partial charge in [0.25, 0.3) is 5.91 Å². The van der Waals surface area contributed by atoms with Gasteiger partial charge < -0.3 is 10.6 Å². The Morgan fingerprint density at radius 1 is 1.44 bits per heavy atom. The molecule has 0 bridgehead atoms. The zero-order chi connectivity index (χ0) is 13.9. The number of hydrogen-bond donors (Lipinski definition) is 1. The molecule has 0 aromatic heterocycles. The van der Waals surface area contributed by atoms with Crippen LogP contribution >= 0.6 is 15.9 Å². The first-order chi connectivity index (χ1) is 8.20. The molecule has 0 saturated carbocycles. The molecule has 0 atom stereocenters. The molecule has 0 radical (unpaired) electrons. The number of carbonyl (C=O) groups excluding carboxylic acids is 1. The van der Waals surface area contributed by atoms with Gasteiger partial charge in [0.05, 0.1) is 6.42 Å². The van der Waals surface area contributed by atoms with Crippen molar-refractivity contribution in [2.75, 3.05) is 19.3 Å². The van der Waals surface area contributed by atoms with Crippen LogP contribution < -0.4 is 5.73 Å². The number of benzene rings is 1. The van der Waals surface area contributed by atoms with Crippen molar-refractivity contribution in [3.63, 3.8) is 0 Å². The van der Waals surface area contributed by atoms with E-state index in [2.05, 4.69) is 15.9 Å². The number of carbonyl (C=O) groups is 1. The number of nitrogen functional groups attached to an aromatic ring is 1. The first kappa shape index (κ1) is 14.8. The van der Waals surface area contributed by atoms with Crippen molar-refractivity contribution in [2.45, 2.75) is 12.6 Å². The summed E-state index contributed by atoms with van der Waals surface area (Å²) in [4.78, 5) is 12.8. The number of hydrogen-bond acceptors (Lipinski definition) is 2. The SMILES string of the molecule is CN(CCC(F)(F)F)C(=O)c1ccc(Br)c(N)c1. The average molecular weight is 325 g/mol. The number of amides is 1. The molecule has 0 unspecified atom stereocenters. The fourth-order valence-electron chi connectivity index (χ4n) is 1.29. The van der Waals surface area contributed by atoms with E-state index < -0.39 is 18.5 Å². The van der Waals surface area contributed by atoms with Crippen LogP contribution in [-0.2, 0) is 0 Å². The van der Waals surface area contributed by atoms with Crippen LogP contribution in [0.4, 0.5) is 18.9 Å². The van der Waals surface area contributed by atoms with Gasteiger partial charge in [-0.2, -0.15) is 13.2 Å². The molecule has 18 heavy (non-hydrogen) atoms. The van der Waals surface area contributed by atoms with Crippen molar-refractivity contribution in [2.24, 2.45) is 0 Å². The van der Waals surface area contributed by atoms with Gasteiger partial charge >= 0.3 is 6.18 Å². The van der Waals surface area contributed by atoms with E-state index in [0.29, 0.717) is 10.2 Å². The molecular formula is C11H12BrF3N2O. The molecule has 0 heterocycles. The van der Waals surface area contributed by atoms with Crippen molar-refractivity contribution in [1.82, 2.24) is 4.90 Å². The number of halogens is 4. The molecule has 0 aliphatic rings. The number of nitrogens with zero attached hydrogens (tertiary/aromatic N) is 1. The highest BCUT2D eigenvalue weighted by molar-refractivity contribution is 9.10. The second-order valence-corrected chi connectivity index (χ2v) is 4.68. The topological polar surface area (TPSA) is 46.3 Å². The monoisotopic (exact) mass is 324 g/mol. The standard InChI is InChI=1S/C11H12BrF3N2O/c1-17(5-4-11(13,14)15)10(18)7-2-3-8(12)9(16)6-7/h2-3,6H,4-5,16H2,1H3. The molecule has 7 heteroatoms. The van der Waals surface area contributed by atoms with Gasteiger partial charge in [-0.1, -0.05) is 0 Å². The lowest BCUT2D eigenvalue weighted by Gasteiger charge is -2.18. The van der Waals surface area contributed by atoms with Crippen LogP contribution in [0, 0.1) is 0 Å². The van der Waals surface area contributed by atoms with Gasteiger partial charge in [-0.25, -0.2) is 0 Å². The smallest absolute Gasteiger partial charge is 0.390 e. The molecule has 100 valence electrons. The fourth-order valence-corrected chi connectivity index (χ4v) is 1.54. The molecule has 2 N–H and O–H groups in total. The zero-order valence-electron chi connectivity index (χ0n) is 9.59. The zero-order valence-corrected chi connectivity index (χ0v) is 11.2. The summed E-state index contributed by atoms with van der Waals surface area (Å²) in [7, 11) is 1.33. The molecule has 1 aromatic carbocycles. The number of rotatable bonds is 3. The lowest BCUT2D eigenvalue weighted by molar-refractivity contribution is -0.136. The molecule has 0 fully saturated rings. The van der Waals surface area contributed by atoms with Crippen molar-refractivity contribution < 1.29 is 18.0 Å². The minimum atomic E-state index is -4.27. The Morgan fingerprint density at radius 3 is 2.56 bits per heavy atom. The number of alkyl halides is 3. The van der Waals surface area contributed by atoms with Gasteiger partial charge in [0.1, 0.15) is 0 Å². The summed E-state index contributed by atoms with van der Waals surface area (Å²) < 4.78 is 36.7. The van der Waals surface area contributed by atoms with Gasteiger partial charge in [-0.15, -0.1) is 0 Å². The highest BCUT2D eigenvalue weighted by Crippen LogP contribution is 2.22. The maximum atomic E-state index is 12.0. The molecule has 0 aliphatic carbocycles. The van der Waals surface area contributed by atoms with Gasteiger partial charge in [0.2, 0.25) is 0 Å². The molecule has 1 amide bonds. The van der Waals surface area contributed by atoms with Gasteiger partial charge in [-0.05, 0) is 34.1 Å². The Labute approximate surface area is 111 Å². The molecule has 1 rings (SSSR count). The first-order valence-electron chi connectivity index (χ1n) is 5.08. The van der Waals surface area contributed by atoms with Crippen molar-refractivity contribution in [3.8, 4) is 0 Å². The third-order valence-electron chi connectivity index (χ3n) is 2.32. The summed E-state index contributed by atoms with van der Waals surface area (Å²) in [6, 6.07) is 4.52. The Kier molecular flexibility index (Phi) is 4.61. The largest absolute Gasteiger partial charge is 0.398 e.